The second kappa shape index (κ2) is 8.84. The number of nitrogens with zero attached hydrogens (tertiary/aromatic N) is 2. The fourth-order valence-corrected chi connectivity index (χ4v) is 4.88. The fraction of sp³-hybridized carbons (Fsp3) is 0.900. The monoisotopic (exact) mass is 318 g/mol. The Morgan fingerprint density at radius 3 is 1.48 bits per heavy atom. The molecule has 3 heteroatoms. The highest BCUT2D eigenvalue weighted by Gasteiger charge is 2.30. The molecule has 0 atom stereocenters. The topological polar surface area (TPSA) is 45.0 Å². The van der Waals surface area contributed by atoms with Crippen molar-refractivity contribution in [2.45, 2.75) is 102 Å². The summed E-state index contributed by atoms with van der Waals surface area (Å²) in [5.74, 6) is 1.01. The lowest BCUT2D eigenvalue weighted by molar-refractivity contribution is 0.310. The highest BCUT2D eigenvalue weighted by Crippen LogP contribution is 2.32. The van der Waals surface area contributed by atoms with Gasteiger partial charge >= 0.3 is 0 Å². The van der Waals surface area contributed by atoms with Crippen molar-refractivity contribution in [3.8, 4) is 0 Å². The molecule has 3 fully saturated rings. The van der Waals surface area contributed by atoms with Crippen LogP contribution in [-0.2, 0) is 0 Å². The van der Waals surface area contributed by atoms with Gasteiger partial charge in [-0.1, -0.05) is 62.9 Å². The van der Waals surface area contributed by atoms with Crippen molar-refractivity contribution in [2.24, 2.45) is 22.0 Å². The van der Waals surface area contributed by atoms with E-state index in [1.165, 1.54) is 102 Å². The number of rotatable bonds is 4. The average molecular weight is 319 g/mol. The van der Waals surface area contributed by atoms with Crippen LogP contribution < -0.4 is 0 Å². The smallest absolute Gasteiger partial charge is 0.104 e. The quantitative estimate of drug-likeness (QED) is 0.400. The number of oxime groups is 1. The van der Waals surface area contributed by atoms with E-state index < -0.39 is 0 Å². The minimum atomic E-state index is 0.456. The molecule has 0 aromatic carbocycles. The molecule has 3 nitrogen and oxygen atoms in total. The van der Waals surface area contributed by atoms with E-state index in [0.29, 0.717) is 17.9 Å². The van der Waals surface area contributed by atoms with Crippen LogP contribution in [0.3, 0.4) is 0 Å². The van der Waals surface area contributed by atoms with Crippen LogP contribution in [-0.4, -0.2) is 22.7 Å². The first kappa shape index (κ1) is 17.0. The van der Waals surface area contributed by atoms with Gasteiger partial charge in [0.05, 0.1) is 11.8 Å². The predicted molar refractivity (Wildman–Crippen MR) is 96.7 cm³/mol. The van der Waals surface area contributed by atoms with Crippen molar-refractivity contribution in [1.29, 1.82) is 0 Å². The summed E-state index contributed by atoms with van der Waals surface area (Å²) >= 11 is 0. The SMILES string of the molecule is ON=C(C(=NC1CCCCC1)C1CCCCC1)C1CCCCC1. The standard InChI is InChI=1S/C20H34N2O/c23-22-20(17-12-6-2-7-13-17)19(16-10-4-1-5-11-16)21-18-14-8-3-9-15-18/h16-18,23H,1-15H2. The lowest BCUT2D eigenvalue weighted by atomic mass is 9.77. The zero-order valence-electron chi connectivity index (χ0n) is 14.7. The Morgan fingerprint density at radius 1 is 0.565 bits per heavy atom. The molecule has 0 aliphatic heterocycles. The van der Waals surface area contributed by atoms with Gasteiger partial charge in [0.25, 0.3) is 0 Å². The molecule has 0 aromatic heterocycles. The molecule has 0 radical (unpaired) electrons. The van der Waals surface area contributed by atoms with E-state index in [0.717, 1.165) is 5.71 Å². The maximum absolute atomic E-state index is 9.82. The lowest BCUT2D eigenvalue weighted by Crippen LogP contribution is -2.34. The van der Waals surface area contributed by atoms with Crippen LogP contribution in [0.4, 0.5) is 0 Å². The van der Waals surface area contributed by atoms with Gasteiger partial charge in [-0.05, 0) is 38.5 Å². The van der Waals surface area contributed by atoms with Gasteiger partial charge in [-0.3, -0.25) is 4.99 Å². The Hall–Kier alpha value is -0.860. The van der Waals surface area contributed by atoms with Crippen LogP contribution in [0.25, 0.3) is 0 Å². The highest BCUT2D eigenvalue weighted by molar-refractivity contribution is 6.43. The highest BCUT2D eigenvalue weighted by atomic mass is 16.4. The largest absolute Gasteiger partial charge is 0.411 e. The zero-order valence-corrected chi connectivity index (χ0v) is 14.7. The zero-order chi connectivity index (χ0) is 15.9. The van der Waals surface area contributed by atoms with Crippen molar-refractivity contribution in [2.75, 3.05) is 0 Å². The van der Waals surface area contributed by atoms with E-state index in [4.69, 9.17) is 4.99 Å². The summed E-state index contributed by atoms with van der Waals surface area (Å²) in [6.45, 7) is 0. The molecule has 3 aliphatic carbocycles. The van der Waals surface area contributed by atoms with E-state index in [1.807, 2.05) is 0 Å². The van der Waals surface area contributed by atoms with Gasteiger partial charge < -0.3 is 5.21 Å². The molecule has 0 aromatic rings. The lowest BCUT2D eigenvalue weighted by Gasteiger charge is -2.30. The van der Waals surface area contributed by atoms with E-state index in [2.05, 4.69) is 5.16 Å². The van der Waals surface area contributed by atoms with Crippen molar-refractivity contribution in [3.63, 3.8) is 0 Å². The molecule has 3 rings (SSSR count). The summed E-state index contributed by atoms with van der Waals surface area (Å²) in [7, 11) is 0. The van der Waals surface area contributed by atoms with Gasteiger partial charge in [-0.25, -0.2) is 0 Å². The van der Waals surface area contributed by atoms with Gasteiger partial charge in [-0.15, -0.1) is 0 Å². The van der Waals surface area contributed by atoms with Crippen molar-refractivity contribution < 1.29 is 5.21 Å². The summed E-state index contributed by atoms with van der Waals surface area (Å²) in [5, 5.41) is 13.7. The molecule has 3 saturated carbocycles. The summed E-state index contributed by atoms with van der Waals surface area (Å²) in [4.78, 5) is 5.23. The molecule has 130 valence electrons. The predicted octanol–water partition coefficient (Wildman–Crippen LogP) is 5.75. The molecular formula is C20H34N2O. The van der Waals surface area contributed by atoms with Gasteiger partial charge in [0.1, 0.15) is 5.71 Å². The van der Waals surface area contributed by atoms with Crippen molar-refractivity contribution in [3.05, 3.63) is 0 Å². The molecule has 0 spiro atoms. The summed E-state index contributed by atoms with van der Waals surface area (Å²) in [6.07, 6.45) is 19.3. The van der Waals surface area contributed by atoms with Crippen LogP contribution >= 0.6 is 0 Å². The van der Waals surface area contributed by atoms with E-state index in [-0.39, 0.29) is 0 Å². The molecule has 0 amide bonds. The maximum atomic E-state index is 9.82. The number of hydrogen-bond donors (Lipinski definition) is 1. The second-order valence-electron chi connectivity index (χ2n) is 7.96. The van der Waals surface area contributed by atoms with Crippen LogP contribution in [0.2, 0.25) is 0 Å². The molecule has 3 aliphatic rings. The van der Waals surface area contributed by atoms with E-state index >= 15 is 0 Å². The first-order valence-electron chi connectivity index (χ1n) is 10.2. The normalized spacial score (nSPS) is 27.3. The van der Waals surface area contributed by atoms with Crippen molar-refractivity contribution in [1.82, 2.24) is 0 Å². The first-order chi connectivity index (χ1) is 11.4. The molecule has 0 heterocycles. The van der Waals surface area contributed by atoms with E-state index in [1.54, 1.807) is 0 Å². The Kier molecular flexibility index (Phi) is 6.53. The number of aliphatic imine (C=N–C) groups is 1. The first-order valence-corrected chi connectivity index (χ1v) is 10.2. The van der Waals surface area contributed by atoms with Gasteiger partial charge in [0.15, 0.2) is 0 Å². The van der Waals surface area contributed by atoms with Crippen LogP contribution in [0.1, 0.15) is 96.3 Å². The van der Waals surface area contributed by atoms with Crippen molar-refractivity contribution >= 4 is 11.4 Å². The minimum Gasteiger partial charge on any atom is -0.411 e. The fourth-order valence-electron chi connectivity index (χ4n) is 4.88. The Labute approximate surface area is 141 Å². The summed E-state index contributed by atoms with van der Waals surface area (Å²) in [6, 6.07) is 0.487. The average Bonchev–Trinajstić information content (AvgIpc) is 2.64. The minimum absolute atomic E-state index is 0.456. The third kappa shape index (κ3) is 4.58. The van der Waals surface area contributed by atoms with E-state index in [9.17, 15) is 5.21 Å². The summed E-state index contributed by atoms with van der Waals surface area (Å²) < 4.78 is 0. The Bertz CT molecular complexity index is 411. The molecule has 1 N–H and O–H groups in total. The molecule has 0 saturated heterocycles. The third-order valence-electron chi connectivity index (χ3n) is 6.25. The van der Waals surface area contributed by atoms with Crippen LogP contribution in [0, 0.1) is 11.8 Å². The molecule has 0 unspecified atom stereocenters. The summed E-state index contributed by atoms with van der Waals surface area (Å²) in [5.41, 5.74) is 2.19. The Balaban J connectivity index is 1.81. The third-order valence-corrected chi connectivity index (χ3v) is 6.25. The van der Waals surface area contributed by atoms with Crippen LogP contribution in [0.5, 0.6) is 0 Å². The molecular weight excluding hydrogens is 284 g/mol. The van der Waals surface area contributed by atoms with Gasteiger partial charge in [0, 0.05) is 11.8 Å². The van der Waals surface area contributed by atoms with Gasteiger partial charge in [-0.2, -0.15) is 0 Å². The molecule has 0 bridgehead atoms. The maximum Gasteiger partial charge on any atom is 0.104 e. The Morgan fingerprint density at radius 2 is 1.00 bits per heavy atom. The second-order valence-corrected chi connectivity index (χ2v) is 7.96. The van der Waals surface area contributed by atoms with Crippen LogP contribution in [0.15, 0.2) is 10.1 Å². The van der Waals surface area contributed by atoms with Gasteiger partial charge in [0.2, 0.25) is 0 Å². The molecule has 23 heavy (non-hydrogen) atoms. The number of hydrogen-bond acceptors (Lipinski definition) is 3.